The Labute approximate surface area is 189 Å². The van der Waals surface area contributed by atoms with Gasteiger partial charge in [-0.1, -0.05) is 54.6 Å². The predicted molar refractivity (Wildman–Crippen MR) is 132 cm³/mol. The van der Waals surface area contributed by atoms with E-state index in [0.29, 0.717) is 5.82 Å². The number of urea groups is 1. The van der Waals surface area contributed by atoms with E-state index in [-0.39, 0.29) is 12.1 Å². The Kier molecular flexibility index (Phi) is 5.17. The van der Waals surface area contributed by atoms with Crippen LogP contribution in [0.3, 0.4) is 0 Å². The van der Waals surface area contributed by atoms with Crippen LogP contribution in [0.2, 0.25) is 0 Å². The van der Waals surface area contributed by atoms with Gasteiger partial charge in [0.05, 0.1) is 16.3 Å². The number of anilines is 2. The Morgan fingerprint density at radius 2 is 1.72 bits per heavy atom. The number of benzene rings is 3. The molecule has 5 aromatic rings. The number of amides is 2. The van der Waals surface area contributed by atoms with Gasteiger partial charge in [0.1, 0.15) is 12.1 Å². The van der Waals surface area contributed by atoms with E-state index in [1.165, 1.54) is 6.33 Å². The average molecular weight is 440 g/mol. The molecule has 7 heteroatoms. The zero-order valence-electron chi connectivity index (χ0n) is 17.4. The molecule has 3 aromatic carbocycles. The molecule has 1 atom stereocenters. The second-order valence-electron chi connectivity index (χ2n) is 7.56. The van der Waals surface area contributed by atoms with Crippen molar-refractivity contribution in [2.75, 3.05) is 11.1 Å². The molecule has 0 unspecified atom stereocenters. The zero-order valence-corrected chi connectivity index (χ0v) is 18.2. The molecule has 2 aromatic heterocycles. The van der Waals surface area contributed by atoms with Crippen LogP contribution in [-0.2, 0) is 0 Å². The third-order valence-electron chi connectivity index (χ3n) is 5.40. The Balaban J connectivity index is 1.32. The Hall–Kier alpha value is -3.97. The van der Waals surface area contributed by atoms with Gasteiger partial charge in [0, 0.05) is 15.8 Å². The van der Waals surface area contributed by atoms with E-state index < -0.39 is 0 Å². The summed E-state index contributed by atoms with van der Waals surface area (Å²) in [6, 6.07) is 23.6. The van der Waals surface area contributed by atoms with Gasteiger partial charge in [0.2, 0.25) is 0 Å². The van der Waals surface area contributed by atoms with E-state index >= 15 is 0 Å². The number of carbonyl (C=O) groups is 1. The standard InChI is InChI=1S/C25H21N5OS/c1-15(16-5-3-2-4-6-16)29-25(31)30-19-10-7-17(8-11-19)18-9-12-20-21(13-18)32-23-22(20)27-14-28-24(23)26/h2-15H,1H3,(H2,26,27,28)(H2,29,30,31)/t15-/m0/s1. The molecule has 0 fully saturated rings. The molecule has 6 nitrogen and oxygen atoms in total. The number of nitrogens with one attached hydrogen (secondary N) is 2. The summed E-state index contributed by atoms with van der Waals surface area (Å²) in [5.41, 5.74) is 10.8. The lowest BCUT2D eigenvalue weighted by Crippen LogP contribution is -2.31. The highest BCUT2D eigenvalue weighted by molar-refractivity contribution is 7.26. The maximum atomic E-state index is 12.4. The van der Waals surface area contributed by atoms with Crippen molar-refractivity contribution in [3.8, 4) is 11.1 Å². The van der Waals surface area contributed by atoms with E-state index in [9.17, 15) is 4.79 Å². The summed E-state index contributed by atoms with van der Waals surface area (Å²) in [4.78, 5) is 20.8. The SMILES string of the molecule is C[C@H](NC(=O)Nc1ccc(-c2ccc3c(c2)sc2c(N)ncnc23)cc1)c1ccccc1. The van der Waals surface area contributed by atoms with Gasteiger partial charge < -0.3 is 16.4 Å². The first-order chi connectivity index (χ1) is 15.6. The van der Waals surface area contributed by atoms with Crippen molar-refractivity contribution in [2.24, 2.45) is 0 Å². The number of rotatable bonds is 4. The zero-order chi connectivity index (χ0) is 22.1. The van der Waals surface area contributed by atoms with Gasteiger partial charge in [-0.05, 0) is 41.8 Å². The van der Waals surface area contributed by atoms with Crippen molar-refractivity contribution in [3.63, 3.8) is 0 Å². The minimum Gasteiger partial charge on any atom is -0.382 e. The van der Waals surface area contributed by atoms with Gasteiger partial charge >= 0.3 is 6.03 Å². The number of aromatic nitrogens is 2. The minimum atomic E-state index is -0.237. The van der Waals surface area contributed by atoms with E-state index in [2.05, 4.69) is 38.8 Å². The number of hydrogen-bond acceptors (Lipinski definition) is 5. The summed E-state index contributed by atoms with van der Waals surface area (Å²) in [5, 5.41) is 6.93. The summed E-state index contributed by atoms with van der Waals surface area (Å²) in [6.07, 6.45) is 1.50. The van der Waals surface area contributed by atoms with E-state index in [1.807, 2.05) is 61.5 Å². The maximum Gasteiger partial charge on any atom is 0.319 e. The van der Waals surface area contributed by atoms with E-state index in [0.717, 1.165) is 42.7 Å². The van der Waals surface area contributed by atoms with Crippen molar-refractivity contribution in [1.29, 1.82) is 0 Å². The molecule has 2 amide bonds. The van der Waals surface area contributed by atoms with Crippen molar-refractivity contribution in [1.82, 2.24) is 15.3 Å². The molecule has 158 valence electrons. The van der Waals surface area contributed by atoms with Crippen LogP contribution in [0.25, 0.3) is 31.4 Å². The molecule has 0 bridgehead atoms. The van der Waals surface area contributed by atoms with E-state index in [4.69, 9.17) is 5.73 Å². The molecule has 0 aliphatic heterocycles. The number of carbonyl (C=O) groups excluding carboxylic acids is 1. The summed E-state index contributed by atoms with van der Waals surface area (Å²) < 4.78 is 2.02. The fraction of sp³-hybridized carbons (Fsp3) is 0.0800. The predicted octanol–water partition coefficient (Wildman–Crippen LogP) is 5.98. The third kappa shape index (κ3) is 3.86. The van der Waals surface area contributed by atoms with E-state index in [1.54, 1.807) is 11.3 Å². The minimum absolute atomic E-state index is 0.0813. The number of nitrogen functional groups attached to an aromatic ring is 1. The third-order valence-corrected chi connectivity index (χ3v) is 6.57. The highest BCUT2D eigenvalue weighted by atomic mass is 32.1. The number of hydrogen-bond donors (Lipinski definition) is 3. The van der Waals surface area contributed by atoms with Gasteiger partial charge in [-0.15, -0.1) is 11.3 Å². The summed E-state index contributed by atoms with van der Waals surface area (Å²) in [7, 11) is 0. The number of nitrogens with zero attached hydrogens (tertiary/aromatic N) is 2. The van der Waals surface area contributed by atoms with Crippen molar-refractivity contribution in [3.05, 3.63) is 84.7 Å². The van der Waals surface area contributed by atoms with Crippen LogP contribution < -0.4 is 16.4 Å². The van der Waals surface area contributed by atoms with Crippen LogP contribution in [0, 0.1) is 0 Å². The lowest BCUT2D eigenvalue weighted by Gasteiger charge is -2.15. The molecule has 0 saturated heterocycles. The molecule has 2 heterocycles. The fourth-order valence-corrected chi connectivity index (χ4v) is 4.80. The topological polar surface area (TPSA) is 92.9 Å². The second-order valence-corrected chi connectivity index (χ2v) is 8.61. The first kappa shape index (κ1) is 20.0. The van der Waals surface area contributed by atoms with Gasteiger partial charge in [0.25, 0.3) is 0 Å². The molecular weight excluding hydrogens is 418 g/mol. The van der Waals surface area contributed by atoms with Crippen LogP contribution >= 0.6 is 11.3 Å². The van der Waals surface area contributed by atoms with Gasteiger partial charge in [-0.25, -0.2) is 14.8 Å². The Bertz CT molecular complexity index is 1410. The van der Waals surface area contributed by atoms with Crippen LogP contribution in [0.1, 0.15) is 18.5 Å². The molecule has 5 rings (SSSR count). The molecular formula is C25H21N5OS. The molecule has 0 aliphatic rings. The smallest absolute Gasteiger partial charge is 0.319 e. The molecule has 0 aliphatic carbocycles. The fourth-order valence-electron chi connectivity index (χ4n) is 3.71. The summed E-state index contributed by atoms with van der Waals surface area (Å²) >= 11 is 1.60. The van der Waals surface area contributed by atoms with Crippen molar-refractivity contribution < 1.29 is 4.79 Å². The Morgan fingerprint density at radius 1 is 0.969 bits per heavy atom. The van der Waals surface area contributed by atoms with Gasteiger partial charge in [0.15, 0.2) is 0 Å². The van der Waals surface area contributed by atoms with Crippen molar-refractivity contribution in [2.45, 2.75) is 13.0 Å². The average Bonchev–Trinajstić information content (AvgIpc) is 3.19. The van der Waals surface area contributed by atoms with Crippen molar-refractivity contribution >= 4 is 49.2 Å². The monoisotopic (exact) mass is 439 g/mol. The maximum absolute atomic E-state index is 12.4. The Morgan fingerprint density at radius 3 is 2.50 bits per heavy atom. The molecule has 0 spiro atoms. The summed E-state index contributed by atoms with van der Waals surface area (Å²) in [5.74, 6) is 0.507. The summed E-state index contributed by atoms with van der Waals surface area (Å²) in [6.45, 7) is 1.96. The number of thiophene rings is 1. The molecule has 32 heavy (non-hydrogen) atoms. The van der Waals surface area contributed by atoms with Crippen LogP contribution in [0.5, 0.6) is 0 Å². The van der Waals surface area contributed by atoms with Crippen LogP contribution in [0.15, 0.2) is 79.1 Å². The molecule has 0 saturated carbocycles. The van der Waals surface area contributed by atoms with Crippen LogP contribution in [0.4, 0.5) is 16.3 Å². The lowest BCUT2D eigenvalue weighted by molar-refractivity contribution is 0.249. The molecule has 4 N–H and O–H groups in total. The van der Waals surface area contributed by atoms with Gasteiger partial charge in [-0.3, -0.25) is 0 Å². The van der Waals surface area contributed by atoms with Gasteiger partial charge in [-0.2, -0.15) is 0 Å². The highest BCUT2D eigenvalue weighted by Gasteiger charge is 2.12. The quantitative estimate of drug-likeness (QED) is 0.321. The largest absolute Gasteiger partial charge is 0.382 e. The normalized spacial score (nSPS) is 12.0. The lowest BCUT2D eigenvalue weighted by atomic mass is 10.0. The number of fused-ring (bicyclic) bond motifs is 3. The second kappa shape index (κ2) is 8.28. The van der Waals surface area contributed by atoms with Crippen LogP contribution in [-0.4, -0.2) is 16.0 Å². The highest BCUT2D eigenvalue weighted by Crippen LogP contribution is 2.37. The number of nitrogens with two attached hydrogens (primary N) is 1. The molecule has 0 radical (unpaired) electrons. The first-order valence-corrected chi connectivity index (χ1v) is 11.1. The first-order valence-electron chi connectivity index (χ1n) is 10.2.